The fourth-order valence-electron chi connectivity index (χ4n) is 3.72. The topological polar surface area (TPSA) is 12.0 Å². The summed E-state index contributed by atoms with van der Waals surface area (Å²) < 4.78 is 0. The number of nitrogens with one attached hydrogen (secondary N) is 1. The van der Waals surface area contributed by atoms with Gasteiger partial charge in [0.25, 0.3) is 0 Å². The molecule has 1 aliphatic rings. The van der Waals surface area contributed by atoms with Crippen LogP contribution in [0.5, 0.6) is 0 Å². The molecular formula is C19H31N. The van der Waals surface area contributed by atoms with Crippen LogP contribution in [-0.4, -0.2) is 12.6 Å². The van der Waals surface area contributed by atoms with Gasteiger partial charge < -0.3 is 5.32 Å². The third-order valence-corrected chi connectivity index (χ3v) is 4.59. The van der Waals surface area contributed by atoms with Gasteiger partial charge in [-0.05, 0) is 57.6 Å². The van der Waals surface area contributed by atoms with Crippen molar-refractivity contribution < 1.29 is 0 Å². The van der Waals surface area contributed by atoms with Gasteiger partial charge in [0.2, 0.25) is 0 Å². The second kappa shape index (κ2) is 7.83. The molecule has 20 heavy (non-hydrogen) atoms. The van der Waals surface area contributed by atoms with Crippen LogP contribution in [0.2, 0.25) is 0 Å². The summed E-state index contributed by atoms with van der Waals surface area (Å²) in [7, 11) is 0. The molecule has 1 saturated carbocycles. The van der Waals surface area contributed by atoms with Gasteiger partial charge in [-0.1, -0.05) is 55.5 Å². The van der Waals surface area contributed by atoms with Crippen LogP contribution < -0.4 is 5.32 Å². The van der Waals surface area contributed by atoms with Crippen molar-refractivity contribution >= 4 is 0 Å². The lowest BCUT2D eigenvalue weighted by Crippen LogP contribution is -2.37. The molecule has 1 aromatic carbocycles. The van der Waals surface area contributed by atoms with Crippen molar-refractivity contribution in [1.29, 1.82) is 0 Å². The lowest BCUT2D eigenvalue weighted by molar-refractivity contribution is 0.332. The predicted octanol–water partition coefficient (Wildman–Crippen LogP) is 4.79. The summed E-state index contributed by atoms with van der Waals surface area (Å²) >= 11 is 0. The van der Waals surface area contributed by atoms with Crippen LogP contribution in [0.15, 0.2) is 18.2 Å². The minimum Gasteiger partial charge on any atom is -0.314 e. The first kappa shape index (κ1) is 15.6. The molecule has 1 N–H and O–H groups in total. The van der Waals surface area contributed by atoms with Gasteiger partial charge in [-0.15, -0.1) is 0 Å². The Labute approximate surface area is 125 Å². The van der Waals surface area contributed by atoms with E-state index in [-0.39, 0.29) is 0 Å². The van der Waals surface area contributed by atoms with Crippen molar-refractivity contribution in [2.75, 3.05) is 6.54 Å². The molecule has 0 radical (unpaired) electrons. The summed E-state index contributed by atoms with van der Waals surface area (Å²) in [4.78, 5) is 0. The first-order valence-corrected chi connectivity index (χ1v) is 8.49. The van der Waals surface area contributed by atoms with E-state index in [1.54, 1.807) is 0 Å². The molecule has 0 aromatic heterocycles. The Bertz CT molecular complexity index is 390. The third-order valence-electron chi connectivity index (χ3n) is 4.59. The van der Waals surface area contributed by atoms with Crippen LogP contribution in [0, 0.1) is 19.8 Å². The standard InChI is InChI=1S/C19H31N/c1-4-10-20-19-9-7-5-6-8-18(19)14-17-12-15(2)11-16(3)13-17/h11-13,18-20H,4-10,14H2,1-3H3. The zero-order chi connectivity index (χ0) is 14.4. The first-order valence-electron chi connectivity index (χ1n) is 8.49. The molecule has 0 saturated heterocycles. The Morgan fingerprint density at radius 3 is 2.40 bits per heavy atom. The van der Waals surface area contributed by atoms with Crippen molar-refractivity contribution in [1.82, 2.24) is 5.32 Å². The SMILES string of the molecule is CCCNC1CCCCCC1Cc1cc(C)cc(C)c1. The molecule has 0 spiro atoms. The van der Waals surface area contributed by atoms with Gasteiger partial charge in [-0.25, -0.2) is 0 Å². The normalized spacial score (nSPS) is 23.6. The number of rotatable bonds is 5. The van der Waals surface area contributed by atoms with Gasteiger partial charge >= 0.3 is 0 Å². The highest BCUT2D eigenvalue weighted by atomic mass is 14.9. The van der Waals surface area contributed by atoms with Crippen LogP contribution in [0.1, 0.15) is 62.1 Å². The van der Waals surface area contributed by atoms with E-state index in [0.717, 1.165) is 12.0 Å². The highest BCUT2D eigenvalue weighted by molar-refractivity contribution is 5.29. The molecule has 2 rings (SSSR count). The zero-order valence-corrected chi connectivity index (χ0v) is 13.5. The Balaban J connectivity index is 2.05. The molecule has 0 bridgehead atoms. The molecule has 2 atom stereocenters. The molecule has 1 heteroatoms. The number of hydrogen-bond acceptors (Lipinski definition) is 1. The van der Waals surface area contributed by atoms with E-state index in [2.05, 4.69) is 44.3 Å². The molecular weight excluding hydrogens is 242 g/mol. The van der Waals surface area contributed by atoms with E-state index in [0.29, 0.717) is 0 Å². The predicted molar refractivity (Wildman–Crippen MR) is 88.3 cm³/mol. The smallest absolute Gasteiger partial charge is 0.00984 e. The molecule has 1 aliphatic carbocycles. The van der Waals surface area contributed by atoms with Gasteiger partial charge in [0.1, 0.15) is 0 Å². The molecule has 1 nitrogen and oxygen atoms in total. The maximum absolute atomic E-state index is 3.81. The molecule has 0 heterocycles. The van der Waals surface area contributed by atoms with E-state index < -0.39 is 0 Å². The van der Waals surface area contributed by atoms with Crippen molar-refractivity contribution in [3.8, 4) is 0 Å². The van der Waals surface area contributed by atoms with Gasteiger partial charge in [-0.3, -0.25) is 0 Å². The average Bonchev–Trinajstić information content (AvgIpc) is 2.60. The van der Waals surface area contributed by atoms with Crippen molar-refractivity contribution in [3.63, 3.8) is 0 Å². The lowest BCUT2D eigenvalue weighted by Gasteiger charge is -2.26. The van der Waals surface area contributed by atoms with Gasteiger partial charge in [-0.2, -0.15) is 0 Å². The largest absolute Gasteiger partial charge is 0.314 e. The Morgan fingerprint density at radius 1 is 1.00 bits per heavy atom. The summed E-state index contributed by atoms with van der Waals surface area (Å²) in [6.07, 6.45) is 9.51. The van der Waals surface area contributed by atoms with Crippen molar-refractivity contribution in [3.05, 3.63) is 34.9 Å². The fourth-order valence-corrected chi connectivity index (χ4v) is 3.72. The maximum Gasteiger partial charge on any atom is 0.00984 e. The van der Waals surface area contributed by atoms with Crippen molar-refractivity contribution in [2.24, 2.45) is 5.92 Å². The van der Waals surface area contributed by atoms with Gasteiger partial charge in [0, 0.05) is 6.04 Å². The second-order valence-corrected chi connectivity index (χ2v) is 6.66. The molecule has 1 aromatic rings. The molecule has 0 amide bonds. The summed E-state index contributed by atoms with van der Waals surface area (Å²) in [5.41, 5.74) is 4.36. The van der Waals surface area contributed by atoms with E-state index in [9.17, 15) is 0 Å². The molecule has 112 valence electrons. The fraction of sp³-hybridized carbons (Fsp3) is 0.684. The molecule has 2 unspecified atom stereocenters. The number of aryl methyl sites for hydroxylation is 2. The highest BCUT2D eigenvalue weighted by Crippen LogP contribution is 2.27. The van der Waals surface area contributed by atoms with Crippen LogP contribution in [-0.2, 0) is 6.42 Å². The first-order chi connectivity index (χ1) is 9.69. The molecule has 1 fully saturated rings. The Morgan fingerprint density at radius 2 is 1.70 bits per heavy atom. The lowest BCUT2D eigenvalue weighted by atomic mass is 9.87. The minimum absolute atomic E-state index is 0.735. The Hall–Kier alpha value is -0.820. The summed E-state index contributed by atoms with van der Waals surface area (Å²) in [6.45, 7) is 7.88. The van der Waals surface area contributed by atoms with Crippen LogP contribution >= 0.6 is 0 Å². The molecule has 0 aliphatic heterocycles. The Kier molecular flexibility index (Phi) is 6.09. The summed E-state index contributed by atoms with van der Waals surface area (Å²) in [6, 6.07) is 7.78. The summed E-state index contributed by atoms with van der Waals surface area (Å²) in [5, 5.41) is 3.81. The van der Waals surface area contributed by atoms with Crippen LogP contribution in [0.25, 0.3) is 0 Å². The van der Waals surface area contributed by atoms with Crippen LogP contribution in [0.3, 0.4) is 0 Å². The number of hydrogen-bond donors (Lipinski definition) is 1. The number of benzene rings is 1. The minimum atomic E-state index is 0.735. The van der Waals surface area contributed by atoms with E-state index in [1.165, 1.54) is 68.2 Å². The monoisotopic (exact) mass is 273 g/mol. The highest BCUT2D eigenvalue weighted by Gasteiger charge is 2.23. The van der Waals surface area contributed by atoms with E-state index >= 15 is 0 Å². The second-order valence-electron chi connectivity index (χ2n) is 6.66. The van der Waals surface area contributed by atoms with Gasteiger partial charge in [0.05, 0.1) is 0 Å². The van der Waals surface area contributed by atoms with Crippen LogP contribution in [0.4, 0.5) is 0 Å². The maximum atomic E-state index is 3.81. The third kappa shape index (κ3) is 4.63. The average molecular weight is 273 g/mol. The van der Waals surface area contributed by atoms with Crippen molar-refractivity contribution in [2.45, 2.75) is 71.8 Å². The zero-order valence-electron chi connectivity index (χ0n) is 13.5. The van der Waals surface area contributed by atoms with Gasteiger partial charge in [0.15, 0.2) is 0 Å². The summed E-state index contributed by atoms with van der Waals surface area (Å²) in [5.74, 6) is 0.824. The van der Waals surface area contributed by atoms with E-state index in [1.807, 2.05) is 0 Å². The quantitative estimate of drug-likeness (QED) is 0.760. The van der Waals surface area contributed by atoms with E-state index in [4.69, 9.17) is 0 Å².